The summed E-state index contributed by atoms with van der Waals surface area (Å²) in [4.78, 5) is 10.8. The first-order chi connectivity index (χ1) is 7.11. The molecule has 6 nitrogen and oxygen atoms in total. The van der Waals surface area contributed by atoms with Crippen molar-refractivity contribution in [1.29, 1.82) is 5.41 Å². The second kappa shape index (κ2) is 4.85. The van der Waals surface area contributed by atoms with Crippen LogP contribution in [-0.4, -0.2) is 17.8 Å². The average molecular weight is 205 g/mol. The summed E-state index contributed by atoms with van der Waals surface area (Å²) < 4.78 is 0. The normalized spacial score (nSPS) is 12.5. The SMILES string of the molecule is N=C(N)[C@@H](N=Nc1ccccc1)C(N)=O. The molecule has 1 rings (SSSR count). The molecule has 0 saturated carbocycles. The highest BCUT2D eigenvalue weighted by atomic mass is 16.1. The van der Waals surface area contributed by atoms with Crippen LogP contribution >= 0.6 is 0 Å². The molecule has 0 radical (unpaired) electrons. The van der Waals surface area contributed by atoms with Gasteiger partial charge in [0.15, 0.2) is 0 Å². The highest BCUT2D eigenvalue weighted by Crippen LogP contribution is 2.10. The van der Waals surface area contributed by atoms with Gasteiger partial charge in [0.1, 0.15) is 5.84 Å². The first kappa shape index (κ1) is 10.8. The molecule has 0 saturated heterocycles. The summed E-state index contributed by atoms with van der Waals surface area (Å²) in [6, 6.07) is 7.62. The zero-order valence-corrected chi connectivity index (χ0v) is 7.92. The number of hydrogen-bond donors (Lipinski definition) is 3. The summed E-state index contributed by atoms with van der Waals surface area (Å²) in [6.07, 6.45) is 0. The van der Waals surface area contributed by atoms with Gasteiger partial charge in [-0.1, -0.05) is 18.2 Å². The molecule has 6 heteroatoms. The minimum atomic E-state index is -1.19. The van der Waals surface area contributed by atoms with Gasteiger partial charge in [-0.25, -0.2) is 0 Å². The molecule has 0 aliphatic heterocycles. The van der Waals surface area contributed by atoms with E-state index in [2.05, 4.69) is 10.2 Å². The van der Waals surface area contributed by atoms with Crippen LogP contribution in [0.5, 0.6) is 0 Å². The number of nitrogens with two attached hydrogens (primary N) is 2. The summed E-state index contributed by atoms with van der Waals surface area (Å²) in [5, 5.41) is 14.4. The Hall–Kier alpha value is -2.24. The van der Waals surface area contributed by atoms with Crippen molar-refractivity contribution in [3.05, 3.63) is 30.3 Å². The Kier molecular flexibility index (Phi) is 3.50. The third-order valence-corrected chi connectivity index (χ3v) is 1.61. The standard InChI is InChI=1S/C9H11N5O/c10-8(11)7(9(12)15)14-13-6-4-2-1-3-5-6/h1-5,7H,(H3,10,11)(H2,12,15)/t7-/m1/s1. The smallest absolute Gasteiger partial charge is 0.251 e. The average Bonchev–Trinajstić information content (AvgIpc) is 2.18. The minimum absolute atomic E-state index is 0.415. The van der Waals surface area contributed by atoms with Crippen LogP contribution in [0.2, 0.25) is 0 Å². The maximum absolute atomic E-state index is 10.8. The first-order valence-corrected chi connectivity index (χ1v) is 4.20. The fraction of sp³-hybridized carbons (Fsp3) is 0.111. The molecule has 0 aliphatic carbocycles. The zero-order valence-electron chi connectivity index (χ0n) is 7.92. The van der Waals surface area contributed by atoms with E-state index in [0.29, 0.717) is 5.69 Å². The molecule has 0 aliphatic rings. The monoisotopic (exact) mass is 205 g/mol. The zero-order chi connectivity index (χ0) is 11.3. The van der Waals surface area contributed by atoms with Gasteiger partial charge >= 0.3 is 0 Å². The Balaban J connectivity index is 2.79. The number of benzene rings is 1. The van der Waals surface area contributed by atoms with Crippen LogP contribution < -0.4 is 11.5 Å². The third kappa shape index (κ3) is 3.18. The van der Waals surface area contributed by atoms with Gasteiger partial charge in [-0.3, -0.25) is 10.2 Å². The molecule has 15 heavy (non-hydrogen) atoms. The maximum atomic E-state index is 10.8. The molecule has 1 amide bonds. The summed E-state index contributed by atoms with van der Waals surface area (Å²) in [7, 11) is 0. The number of carbonyl (C=O) groups is 1. The van der Waals surface area contributed by atoms with E-state index in [4.69, 9.17) is 16.9 Å². The number of nitrogens with zero attached hydrogens (tertiary/aromatic N) is 2. The quantitative estimate of drug-likeness (QED) is 0.378. The topological polar surface area (TPSA) is 118 Å². The van der Waals surface area contributed by atoms with Crippen LogP contribution in [0.1, 0.15) is 0 Å². The van der Waals surface area contributed by atoms with Crippen LogP contribution in [0.15, 0.2) is 40.6 Å². The highest BCUT2D eigenvalue weighted by Gasteiger charge is 2.17. The van der Waals surface area contributed by atoms with Gasteiger partial charge < -0.3 is 11.5 Å². The van der Waals surface area contributed by atoms with E-state index >= 15 is 0 Å². The molecule has 1 aromatic carbocycles. The lowest BCUT2D eigenvalue weighted by Crippen LogP contribution is -2.38. The molecule has 0 aromatic heterocycles. The molecular weight excluding hydrogens is 194 g/mol. The van der Waals surface area contributed by atoms with Crippen LogP contribution in [0, 0.1) is 5.41 Å². The molecule has 0 heterocycles. The first-order valence-electron chi connectivity index (χ1n) is 4.20. The van der Waals surface area contributed by atoms with Crippen molar-refractivity contribution in [2.75, 3.05) is 0 Å². The van der Waals surface area contributed by atoms with Gasteiger partial charge in [0.05, 0.1) is 5.69 Å². The molecule has 0 unspecified atom stereocenters. The van der Waals surface area contributed by atoms with Crippen molar-refractivity contribution in [2.24, 2.45) is 21.7 Å². The van der Waals surface area contributed by atoms with Gasteiger partial charge in [-0.2, -0.15) is 10.2 Å². The predicted molar refractivity (Wildman–Crippen MR) is 55.9 cm³/mol. The number of primary amides is 1. The molecule has 78 valence electrons. The summed E-state index contributed by atoms with van der Waals surface area (Å²) in [5.41, 5.74) is 10.7. The molecule has 0 bridgehead atoms. The summed E-state index contributed by atoms with van der Waals surface area (Å²) in [5.74, 6) is -1.20. The van der Waals surface area contributed by atoms with Crippen LogP contribution in [0.4, 0.5) is 5.69 Å². The van der Waals surface area contributed by atoms with E-state index in [1.807, 2.05) is 6.07 Å². The second-order valence-electron chi connectivity index (χ2n) is 2.81. The molecule has 0 fully saturated rings. The lowest BCUT2D eigenvalue weighted by molar-refractivity contribution is -0.117. The maximum Gasteiger partial charge on any atom is 0.251 e. The number of amides is 1. The van der Waals surface area contributed by atoms with E-state index in [9.17, 15) is 4.79 Å². The largest absolute Gasteiger partial charge is 0.385 e. The second-order valence-corrected chi connectivity index (χ2v) is 2.81. The Morgan fingerprint density at radius 3 is 2.33 bits per heavy atom. The van der Waals surface area contributed by atoms with E-state index in [1.54, 1.807) is 24.3 Å². The van der Waals surface area contributed by atoms with E-state index < -0.39 is 17.8 Å². The number of amidine groups is 1. The molecule has 1 aromatic rings. The Morgan fingerprint density at radius 1 is 1.27 bits per heavy atom. The predicted octanol–water partition coefficient (Wildman–Crippen LogP) is 0.560. The van der Waals surface area contributed by atoms with E-state index in [1.165, 1.54) is 0 Å². The van der Waals surface area contributed by atoms with Crippen LogP contribution in [0.3, 0.4) is 0 Å². The van der Waals surface area contributed by atoms with Gasteiger partial charge in [0, 0.05) is 0 Å². The Morgan fingerprint density at radius 2 is 1.87 bits per heavy atom. The van der Waals surface area contributed by atoms with E-state index in [0.717, 1.165) is 0 Å². The highest BCUT2D eigenvalue weighted by molar-refractivity contribution is 6.04. The summed E-state index contributed by atoms with van der Waals surface area (Å²) in [6.45, 7) is 0. The lowest BCUT2D eigenvalue weighted by atomic mass is 10.3. The van der Waals surface area contributed by atoms with Crippen molar-refractivity contribution in [3.8, 4) is 0 Å². The fourth-order valence-electron chi connectivity index (χ4n) is 0.891. The number of hydrogen-bond acceptors (Lipinski definition) is 4. The Labute approximate surface area is 86.5 Å². The molecule has 5 N–H and O–H groups in total. The number of nitrogens with one attached hydrogen (secondary N) is 1. The third-order valence-electron chi connectivity index (χ3n) is 1.61. The fourth-order valence-corrected chi connectivity index (χ4v) is 0.891. The number of rotatable bonds is 4. The number of azo groups is 1. The van der Waals surface area contributed by atoms with Gasteiger partial charge in [0.25, 0.3) is 5.91 Å². The molecule has 1 atom stereocenters. The van der Waals surface area contributed by atoms with Gasteiger partial charge in [-0.05, 0) is 12.1 Å². The lowest BCUT2D eigenvalue weighted by Gasteiger charge is -2.03. The molecule has 0 spiro atoms. The van der Waals surface area contributed by atoms with E-state index in [-0.39, 0.29) is 0 Å². The van der Waals surface area contributed by atoms with Crippen LogP contribution in [0.25, 0.3) is 0 Å². The van der Waals surface area contributed by atoms with Crippen molar-refractivity contribution in [2.45, 2.75) is 6.04 Å². The van der Waals surface area contributed by atoms with Crippen molar-refractivity contribution in [1.82, 2.24) is 0 Å². The molecular formula is C9H11N5O. The van der Waals surface area contributed by atoms with Crippen molar-refractivity contribution in [3.63, 3.8) is 0 Å². The minimum Gasteiger partial charge on any atom is -0.385 e. The van der Waals surface area contributed by atoms with Gasteiger partial charge in [-0.15, -0.1) is 0 Å². The van der Waals surface area contributed by atoms with Crippen LogP contribution in [-0.2, 0) is 4.79 Å². The van der Waals surface area contributed by atoms with Crippen molar-refractivity contribution >= 4 is 17.4 Å². The summed E-state index contributed by atoms with van der Waals surface area (Å²) >= 11 is 0. The number of carbonyl (C=O) groups excluding carboxylic acids is 1. The van der Waals surface area contributed by atoms with Crippen molar-refractivity contribution < 1.29 is 4.79 Å². The Bertz CT molecular complexity index is 373. The van der Waals surface area contributed by atoms with Gasteiger partial charge in [0.2, 0.25) is 6.04 Å².